The van der Waals surface area contributed by atoms with Crippen LogP contribution in [-0.2, 0) is 11.0 Å². The van der Waals surface area contributed by atoms with Crippen molar-refractivity contribution in [3.63, 3.8) is 0 Å². The summed E-state index contributed by atoms with van der Waals surface area (Å²) >= 11 is 0. The second-order valence-electron chi connectivity index (χ2n) is 7.71. The van der Waals surface area contributed by atoms with E-state index in [1.165, 1.54) is 95.5 Å². The number of hydrogen-bond acceptors (Lipinski definition) is 1. The van der Waals surface area contributed by atoms with Gasteiger partial charge in [-0.15, -0.1) is 0 Å². The van der Waals surface area contributed by atoms with Crippen LogP contribution in [0.1, 0.15) is 102 Å². The van der Waals surface area contributed by atoms with Crippen molar-refractivity contribution in [3.05, 3.63) is 35.9 Å². The second kappa shape index (κ2) is 18.9. The molecule has 2 nitrogen and oxygen atoms in total. The highest BCUT2D eigenvalue weighted by Crippen LogP contribution is 2.14. The van der Waals surface area contributed by atoms with E-state index in [0.717, 1.165) is 13.2 Å². The van der Waals surface area contributed by atoms with Gasteiger partial charge in [-0.3, -0.25) is 0 Å². The van der Waals surface area contributed by atoms with Crippen LogP contribution in [0.25, 0.3) is 0 Å². The summed E-state index contributed by atoms with van der Waals surface area (Å²) in [6.07, 6.45) is 20.0. The van der Waals surface area contributed by atoms with Crippen LogP contribution in [-0.4, -0.2) is 19.2 Å². The van der Waals surface area contributed by atoms with Gasteiger partial charge in [-0.2, -0.15) is 0 Å². The molecule has 1 N–H and O–H groups in total. The average molecular weight is 365 g/mol. The van der Waals surface area contributed by atoms with Gasteiger partial charge in [0, 0.05) is 12.0 Å². The van der Waals surface area contributed by atoms with Crippen LogP contribution >= 0.6 is 0 Å². The molecule has 1 aromatic rings. The van der Waals surface area contributed by atoms with Crippen molar-refractivity contribution < 1.29 is 9.84 Å². The fourth-order valence-electron chi connectivity index (χ4n) is 3.47. The Morgan fingerprint density at radius 2 is 1.04 bits per heavy atom. The lowest BCUT2D eigenvalue weighted by molar-refractivity contribution is -0.115. The maximum atomic E-state index is 3.26. The first-order valence-corrected chi connectivity index (χ1v) is 11.0. The molecule has 0 fully saturated rings. The Bertz CT molecular complexity index is 377. The molecule has 1 aromatic carbocycles. The van der Waals surface area contributed by atoms with E-state index in [9.17, 15) is 0 Å². The third kappa shape index (κ3) is 15.4. The van der Waals surface area contributed by atoms with Crippen molar-refractivity contribution in [2.45, 2.75) is 103 Å². The maximum Gasteiger partial charge on any atom is 0.172 e. The lowest BCUT2D eigenvalue weighted by atomic mass is 10.0. The third-order valence-electron chi connectivity index (χ3n) is 5.10. The molecule has 1 rings (SSSR count). The fraction of sp³-hybridized carbons (Fsp3) is 0.750. The van der Waals surface area contributed by atoms with Crippen molar-refractivity contribution in [3.8, 4) is 0 Å². The quantitative estimate of drug-likeness (QED) is 0.206. The third-order valence-corrected chi connectivity index (χ3v) is 5.10. The maximum absolute atomic E-state index is 3.26. The topological polar surface area (TPSA) is 32.7 Å². The average Bonchev–Trinajstić information content (AvgIpc) is 2.63. The molecular weight excluding hydrogens is 320 g/mol. The molecule has 0 heterocycles. The Kier molecular flexibility index (Phi) is 18.3. The van der Waals surface area contributed by atoms with Gasteiger partial charge >= 0.3 is 0 Å². The summed E-state index contributed by atoms with van der Waals surface area (Å²) in [6, 6.07) is 10.7. The second-order valence-corrected chi connectivity index (χ2v) is 7.71. The molecule has 0 unspecified atom stereocenters. The van der Waals surface area contributed by atoms with Crippen LogP contribution in [0.4, 0.5) is 0 Å². The number of rotatable bonds is 17. The van der Waals surface area contributed by atoms with Crippen LogP contribution in [0.5, 0.6) is 0 Å². The summed E-state index contributed by atoms with van der Waals surface area (Å²) < 4.78 is 3.26. The summed E-state index contributed by atoms with van der Waals surface area (Å²) in [5.41, 5.74) is 1.39. The first kappa shape index (κ1) is 25.1. The Morgan fingerprint density at radius 3 is 1.50 bits per heavy atom. The highest BCUT2D eigenvalue weighted by atomic mass is 16.7. The molecule has 26 heavy (non-hydrogen) atoms. The van der Waals surface area contributed by atoms with E-state index in [1.54, 1.807) is 0 Å². The zero-order chi connectivity index (χ0) is 18.0. The molecule has 152 valence electrons. The molecule has 0 aliphatic rings. The van der Waals surface area contributed by atoms with Gasteiger partial charge in [0.2, 0.25) is 0 Å². The van der Waals surface area contributed by atoms with Crippen LogP contribution in [0.15, 0.2) is 30.3 Å². The van der Waals surface area contributed by atoms with Gasteiger partial charge in [-0.05, 0) is 6.42 Å². The Balaban J connectivity index is 0.00000625. The normalized spacial score (nSPS) is 10.9. The molecule has 0 amide bonds. The Labute approximate surface area is 163 Å². The van der Waals surface area contributed by atoms with Crippen LogP contribution < -0.4 is 0 Å². The number of unbranched alkanes of at least 4 members (excludes halogenated alkanes) is 13. The summed E-state index contributed by atoms with van der Waals surface area (Å²) in [5, 5.41) is 0. The molecule has 0 aromatic heterocycles. The van der Waals surface area contributed by atoms with Gasteiger partial charge in [-0.1, -0.05) is 114 Å². The molecule has 0 aliphatic heterocycles. The molecule has 0 spiro atoms. The summed E-state index contributed by atoms with van der Waals surface area (Å²) in [5.74, 6) is 0. The lowest BCUT2D eigenvalue weighted by Gasteiger charge is -2.14. The minimum Gasteiger partial charge on any atom is -0.870 e. The fourth-order valence-corrected chi connectivity index (χ4v) is 3.47. The van der Waals surface area contributed by atoms with E-state index < -0.39 is 0 Å². The van der Waals surface area contributed by atoms with Gasteiger partial charge in [-0.25, -0.2) is 0 Å². The molecule has 2 heteroatoms. The molecule has 0 aliphatic carbocycles. The molecule has 0 bridgehead atoms. The zero-order valence-corrected chi connectivity index (χ0v) is 17.6. The Morgan fingerprint density at radius 1 is 0.615 bits per heavy atom. The first-order chi connectivity index (χ1) is 12.3. The van der Waals surface area contributed by atoms with Gasteiger partial charge in [0.05, 0.1) is 0 Å². The van der Waals surface area contributed by atoms with Gasteiger partial charge in [0.15, 0.2) is 6.61 Å². The van der Waals surface area contributed by atoms with E-state index in [1.807, 2.05) is 0 Å². The molecule has 0 saturated carbocycles. The van der Waals surface area contributed by atoms with E-state index in [2.05, 4.69) is 48.7 Å². The SMILES string of the molecule is CCCCCCCCCCCCCCCC[O+](C)Cc1ccccc1.[OH-]. The predicted molar refractivity (Wildman–Crippen MR) is 114 cm³/mol. The van der Waals surface area contributed by atoms with Crippen LogP contribution in [0.3, 0.4) is 0 Å². The minimum absolute atomic E-state index is 0. The molecule has 0 saturated heterocycles. The highest BCUT2D eigenvalue weighted by molar-refractivity contribution is 5.13. The first-order valence-electron chi connectivity index (χ1n) is 11.0. The largest absolute Gasteiger partial charge is 0.870 e. The standard InChI is InChI=1S/C24H43O.H2O/c1-3-4-5-6-7-8-9-10-11-12-13-14-15-19-22-25(2)23-24-20-17-16-18-21-24;/h16-18,20-21H,3-15,19,22-23H2,1-2H3;1H2/q+1;/p-1. The zero-order valence-electron chi connectivity index (χ0n) is 17.6. The lowest BCUT2D eigenvalue weighted by Crippen LogP contribution is -2.10. The number of hydrogen-bond donors (Lipinski definition) is 0. The van der Waals surface area contributed by atoms with Crippen molar-refractivity contribution in [1.29, 1.82) is 0 Å². The predicted octanol–water partition coefficient (Wildman–Crippen LogP) is 7.67. The van der Waals surface area contributed by atoms with Crippen LogP contribution in [0.2, 0.25) is 0 Å². The van der Waals surface area contributed by atoms with Crippen LogP contribution in [0, 0.1) is 0 Å². The van der Waals surface area contributed by atoms with E-state index in [0.29, 0.717) is 0 Å². The summed E-state index contributed by atoms with van der Waals surface area (Å²) in [6.45, 7) is 4.44. The molecule has 0 radical (unpaired) electrons. The summed E-state index contributed by atoms with van der Waals surface area (Å²) in [7, 11) is 2.16. The molecule has 0 atom stereocenters. The highest BCUT2D eigenvalue weighted by Gasteiger charge is 2.04. The van der Waals surface area contributed by atoms with Crippen molar-refractivity contribution in [2.75, 3.05) is 13.7 Å². The van der Waals surface area contributed by atoms with Crippen molar-refractivity contribution in [2.24, 2.45) is 0 Å². The number of benzene rings is 1. The van der Waals surface area contributed by atoms with Crippen molar-refractivity contribution in [1.82, 2.24) is 0 Å². The molecular formula is C24H44O2. The Hall–Kier alpha value is -0.860. The van der Waals surface area contributed by atoms with Gasteiger partial charge in [0.25, 0.3) is 0 Å². The van der Waals surface area contributed by atoms with Gasteiger partial charge < -0.3 is 9.84 Å². The monoisotopic (exact) mass is 364 g/mol. The van der Waals surface area contributed by atoms with E-state index >= 15 is 0 Å². The minimum atomic E-state index is 0. The van der Waals surface area contributed by atoms with Gasteiger partial charge in [0.1, 0.15) is 13.7 Å². The summed E-state index contributed by atoms with van der Waals surface area (Å²) in [4.78, 5) is 0. The smallest absolute Gasteiger partial charge is 0.172 e. The van der Waals surface area contributed by atoms with Crippen molar-refractivity contribution >= 4 is 0 Å². The van der Waals surface area contributed by atoms with E-state index in [-0.39, 0.29) is 5.48 Å². The van der Waals surface area contributed by atoms with E-state index in [4.69, 9.17) is 0 Å².